The van der Waals surface area contributed by atoms with Crippen LogP contribution in [0.2, 0.25) is 0 Å². The van der Waals surface area contributed by atoms with Gasteiger partial charge in [0.25, 0.3) is 0 Å². The van der Waals surface area contributed by atoms with Crippen molar-refractivity contribution in [2.45, 2.75) is 19.3 Å². The van der Waals surface area contributed by atoms with Gasteiger partial charge in [-0.1, -0.05) is 17.4 Å². The predicted octanol–water partition coefficient (Wildman–Crippen LogP) is 2.37. The fraction of sp³-hybridized carbons (Fsp3) is 0.357. The van der Waals surface area contributed by atoms with E-state index in [1.807, 2.05) is 19.1 Å². The number of benzene rings is 1. The second-order valence-corrected chi connectivity index (χ2v) is 6.20. The Labute approximate surface area is 125 Å². The molecule has 3 heterocycles. The standard InChI is InChI=1S/C14H14N4O2S/c1-8-2-3-10(11(19)6-8)13-17-18-12(9-4-5-20-7-9)15-16-14(18)21-13/h2-3,6,9,19H,4-5,7H2,1H3. The second-order valence-electron chi connectivity index (χ2n) is 5.24. The molecule has 1 atom stereocenters. The van der Waals surface area contributed by atoms with Gasteiger partial charge in [-0.15, -0.1) is 10.2 Å². The number of ether oxygens (including phenoxy) is 1. The molecule has 1 unspecified atom stereocenters. The number of rotatable bonds is 2. The van der Waals surface area contributed by atoms with Crippen molar-refractivity contribution >= 4 is 16.3 Å². The van der Waals surface area contributed by atoms with Crippen LogP contribution in [0.3, 0.4) is 0 Å². The molecular formula is C14H14N4O2S. The van der Waals surface area contributed by atoms with Gasteiger partial charge >= 0.3 is 0 Å². The molecule has 108 valence electrons. The third-order valence-corrected chi connectivity index (χ3v) is 4.63. The van der Waals surface area contributed by atoms with Crippen molar-refractivity contribution in [2.24, 2.45) is 0 Å². The molecule has 1 aliphatic heterocycles. The molecule has 6 nitrogen and oxygen atoms in total. The molecule has 1 fully saturated rings. The summed E-state index contributed by atoms with van der Waals surface area (Å²) in [5, 5.41) is 23.8. The summed E-state index contributed by atoms with van der Waals surface area (Å²) >= 11 is 1.43. The van der Waals surface area contributed by atoms with E-state index in [0.29, 0.717) is 6.61 Å². The highest BCUT2D eigenvalue weighted by Gasteiger charge is 2.25. The molecule has 1 aliphatic rings. The Morgan fingerprint density at radius 1 is 1.38 bits per heavy atom. The highest BCUT2D eigenvalue weighted by molar-refractivity contribution is 7.19. The van der Waals surface area contributed by atoms with Crippen LogP contribution >= 0.6 is 11.3 Å². The van der Waals surface area contributed by atoms with Gasteiger partial charge in [0.1, 0.15) is 5.75 Å². The number of fused-ring (bicyclic) bond motifs is 1. The number of hydrogen-bond acceptors (Lipinski definition) is 6. The van der Waals surface area contributed by atoms with Gasteiger partial charge in [0, 0.05) is 12.5 Å². The van der Waals surface area contributed by atoms with Gasteiger partial charge in [0.15, 0.2) is 10.8 Å². The lowest BCUT2D eigenvalue weighted by molar-refractivity contribution is 0.193. The fourth-order valence-corrected chi connectivity index (χ4v) is 3.44. The van der Waals surface area contributed by atoms with Crippen molar-refractivity contribution in [1.29, 1.82) is 0 Å². The van der Waals surface area contributed by atoms with E-state index in [2.05, 4.69) is 15.3 Å². The van der Waals surface area contributed by atoms with Crippen molar-refractivity contribution < 1.29 is 9.84 Å². The third-order valence-electron chi connectivity index (χ3n) is 3.69. The zero-order valence-electron chi connectivity index (χ0n) is 11.5. The summed E-state index contributed by atoms with van der Waals surface area (Å²) < 4.78 is 7.18. The van der Waals surface area contributed by atoms with Crippen LogP contribution in [0.4, 0.5) is 0 Å². The molecule has 0 radical (unpaired) electrons. The zero-order valence-corrected chi connectivity index (χ0v) is 12.3. The van der Waals surface area contributed by atoms with Gasteiger partial charge in [0.05, 0.1) is 12.2 Å². The number of aryl methyl sites for hydroxylation is 1. The van der Waals surface area contributed by atoms with Crippen LogP contribution in [0.25, 0.3) is 15.5 Å². The van der Waals surface area contributed by atoms with Crippen LogP contribution in [-0.2, 0) is 4.74 Å². The molecule has 0 aliphatic carbocycles. The van der Waals surface area contributed by atoms with E-state index in [1.54, 1.807) is 10.6 Å². The number of hydrogen-bond donors (Lipinski definition) is 1. The third kappa shape index (κ3) is 2.09. The van der Waals surface area contributed by atoms with Crippen LogP contribution in [0.5, 0.6) is 5.75 Å². The monoisotopic (exact) mass is 302 g/mol. The van der Waals surface area contributed by atoms with E-state index in [9.17, 15) is 5.11 Å². The Hall–Kier alpha value is -1.99. The van der Waals surface area contributed by atoms with Crippen molar-refractivity contribution in [3.8, 4) is 16.3 Å². The molecule has 2 aromatic heterocycles. The maximum absolute atomic E-state index is 10.1. The molecule has 7 heteroatoms. The average molecular weight is 302 g/mol. The van der Waals surface area contributed by atoms with Crippen LogP contribution in [0.1, 0.15) is 23.7 Å². The minimum Gasteiger partial charge on any atom is -0.507 e. The molecular weight excluding hydrogens is 288 g/mol. The average Bonchev–Trinajstić information content (AvgIpc) is 3.13. The van der Waals surface area contributed by atoms with Gasteiger partial charge in [-0.3, -0.25) is 0 Å². The second kappa shape index (κ2) is 4.78. The highest BCUT2D eigenvalue weighted by Crippen LogP contribution is 2.34. The van der Waals surface area contributed by atoms with Crippen molar-refractivity contribution in [1.82, 2.24) is 19.8 Å². The van der Waals surface area contributed by atoms with Crippen molar-refractivity contribution in [3.63, 3.8) is 0 Å². The summed E-state index contributed by atoms with van der Waals surface area (Å²) in [6.07, 6.45) is 0.948. The summed E-state index contributed by atoms with van der Waals surface area (Å²) in [5.41, 5.74) is 1.74. The number of aromatic nitrogens is 4. The molecule has 1 N–H and O–H groups in total. The molecule has 0 amide bonds. The molecule has 1 aromatic carbocycles. The first-order valence-electron chi connectivity index (χ1n) is 6.82. The first kappa shape index (κ1) is 12.7. The Morgan fingerprint density at radius 2 is 2.29 bits per heavy atom. The molecule has 1 saturated heterocycles. The molecule has 0 bridgehead atoms. The first-order valence-corrected chi connectivity index (χ1v) is 7.64. The molecule has 0 saturated carbocycles. The summed E-state index contributed by atoms with van der Waals surface area (Å²) in [6, 6.07) is 5.58. The lowest BCUT2D eigenvalue weighted by Gasteiger charge is -2.03. The number of aromatic hydroxyl groups is 1. The van der Waals surface area contributed by atoms with Crippen LogP contribution in [-0.4, -0.2) is 38.1 Å². The smallest absolute Gasteiger partial charge is 0.234 e. The minimum atomic E-state index is 0.241. The molecule has 3 aromatic rings. The molecule has 4 rings (SSSR count). The van der Waals surface area contributed by atoms with Gasteiger partial charge in [0.2, 0.25) is 4.96 Å². The zero-order chi connectivity index (χ0) is 14.4. The van der Waals surface area contributed by atoms with Crippen LogP contribution < -0.4 is 0 Å². The Morgan fingerprint density at radius 3 is 3.05 bits per heavy atom. The quantitative estimate of drug-likeness (QED) is 0.787. The van der Waals surface area contributed by atoms with Gasteiger partial charge in [-0.2, -0.15) is 9.61 Å². The highest BCUT2D eigenvalue weighted by atomic mass is 32.1. The van der Waals surface area contributed by atoms with E-state index in [-0.39, 0.29) is 11.7 Å². The summed E-state index contributed by atoms with van der Waals surface area (Å²) in [6.45, 7) is 3.37. The Balaban J connectivity index is 1.80. The SMILES string of the molecule is Cc1ccc(-c2nn3c(C4CCOC4)nnc3s2)c(O)c1. The Bertz CT molecular complexity index is 805. The lowest BCUT2D eigenvalue weighted by Crippen LogP contribution is -2.04. The van der Waals surface area contributed by atoms with Crippen molar-refractivity contribution in [3.05, 3.63) is 29.6 Å². The van der Waals surface area contributed by atoms with E-state index in [4.69, 9.17) is 4.74 Å². The molecule has 21 heavy (non-hydrogen) atoms. The predicted molar refractivity (Wildman–Crippen MR) is 78.7 cm³/mol. The number of phenols is 1. The largest absolute Gasteiger partial charge is 0.507 e. The normalized spacial score (nSPS) is 18.6. The van der Waals surface area contributed by atoms with E-state index in [0.717, 1.165) is 39.9 Å². The van der Waals surface area contributed by atoms with Crippen molar-refractivity contribution in [2.75, 3.05) is 13.2 Å². The number of phenolic OH excluding ortho intramolecular Hbond substituents is 1. The minimum absolute atomic E-state index is 0.241. The van der Waals surface area contributed by atoms with Gasteiger partial charge in [-0.25, -0.2) is 0 Å². The topological polar surface area (TPSA) is 72.5 Å². The summed E-state index contributed by atoms with van der Waals surface area (Å²) in [5.74, 6) is 1.34. The molecule has 0 spiro atoms. The number of nitrogens with zero attached hydrogens (tertiary/aromatic N) is 4. The Kier molecular flexibility index (Phi) is 2.90. The van der Waals surface area contributed by atoms with Gasteiger partial charge in [-0.05, 0) is 31.0 Å². The summed E-state index contributed by atoms with van der Waals surface area (Å²) in [4.78, 5) is 0.742. The van der Waals surface area contributed by atoms with E-state index >= 15 is 0 Å². The van der Waals surface area contributed by atoms with Gasteiger partial charge < -0.3 is 9.84 Å². The maximum Gasteiger partial charge on any atom is 0.234 e. The van der Waals surface area contributed by atoms with Crippen LogP contribution in [0.15, 0.2) is 18.2 Å². The first-order chi connectivity index (χ1) is 10.2. The van der Waals surface area contributed by atoms with E-state index < -0.39 is 0 Å². The van der Waals surface area contributed by atoms with E-state index in [1.165, 1.54) is 11.3 Å². The lowest BCUT2D eigenvalue weighted by atomic mass is 10.1. The maximum atomic E-state index is 10.1. The van der Waals surface area contributed by atoms with Crippen LogP contribution in [0, 0.1) is 6.92 Å². The fourth-order valence-electron chi connectivity index (χ4n) is 2.56. The summed E-state index contributed by atoms with van der Waals surface area (Å²) in [7, 11) is 0.